The molecule has 0 saturated heterocycles. The molecule has 0 bridgehead atoms. The third-order valence-corrected chi connectivity index (χ3v) is 1.90. The monoisotopic (exact) mass is 174 g/mol. The summed E-state index contributed by atoms with van der Waals surface area (Å²) in [6.45, 7) is 0. The fraction of sp³-hybridized carbons (Fsp3) is 0.100. The number of rotatable bonds is 1. The van der Waals surface area contributed by atoms with Crippen LogP contribution in [-0.2, 0) is 0 Å². The first-order valence-electron chi connectivity index (χ1n) is 3.92. The summed E-state index contributed by atoms with van der Waals surface area (Å²) in [5, 5.41) is 12.1. The Balaban J connectivity index is 2.60. The summed E-state index contributed by atoms with van der Waals surface area (Å²) in [5.74, 6) is -0.205. The van der Waals surface area contributed by atoms with E-state index in [4.69, 9.17) is 4.42 Å². The van der Waals surface area contributed by atoms with E-state index in [1.165, 1.54) is 7.05 Å². The van der Waals surface area contributed by atoms with Crippen LogP contribution in [0.2, 0.25) is 0 Å². The molecule has 0 fully saturated rings. The van der Waals surface area contributed by atoms with Crippen LogP contribution in [0.5, 0.6) is 0 Å². The number of hydrogen-bond donors (Lipinski definition) is 0. The molecule has 0 aliphatic carbocycles. The standard InChI is InChI=1S/C10H9NO2/c1-11-10(12)8-2-3-9-7(6-8)4-5-13-9/h2-6H,1H3,(H,11,12)/p-1. The lowest BCUT2D eigenvalue weighted by atomic mass is 10.1. The molecule has 0 aliphatic rings. The summed E-state index contributed by atoms with van der Waals surface area (Å²) in [6, 6.07) is 7.07. The van der Waals surface area contributed by atoms with Crippen LogP contribution < -0.4 is 5.11 Å². The number of furan rings is 1. The SMILES string of the molecule is CN=C([O-])c1ccc2occc2c1. The van der Waals surface area contributed by atoms with E-state index in [2.05, 4.69) is 4.99 Å². The highest BCUT2D eigenvalue weighted by molar-refractivity contribution is 5.94. The maximum Gasteiger partial charge on any atom is 0.133 e. The van der Waals surface area contributed by atoms with Gasteiger partial charge in [-0.05, 0) is 29.7 Å². The third-order valence-electron chi connectivity index (χ3n) is 1.90. The molecule has 0 amide bonds. The zero-order valence-corrected chi connectivity index (χ0v) is 7.15. The van der Waals surface area contributed by atoms with Gasteiger partial charge in [-0.15, -0.1) is 0 Å². The lowest BCUT2D eigenvalue weighted by molar-refractivity contribution is -0.212. The highest BCUT2D eigenvalue weighted by atomic mass is 16.3. The van der Waals surface area contributed by atoms with Crippen molar-refractivity contribution in [3.63, 3.8) is 0 Å². The lowest BCUT2D eigenvalue weighted by Crippen LogP contribution is -2.18. The van der Waals surface area contributed by atoms with E-state index in [0.717, 1.165) is 11.0 Å². The number of nitrogens with zero attached hydrogens (tertiary/aromatic N) is 1. The van der Waals surface area contributed by atoms with Gasteiger partial charge in [0.05, 0.1) is 6.26 Å². The van der Waals surface area contributed by atoms with E-state index in [9.17, 15) is 5.11 Å². The first kappa shape index (κ1) is 7.86. The molecule has 0 spiro atoms. The molecule has 66 valence electrons. The first-order valence-corrected chi connectivity index (χ1v) is 3.92. The van der Waals surface area contributed by atoms with Crippen LogP contribution in [0.25, 0.3) is 11.0 Å². The second kappa shape index (κ2) is 2.94. The molecule has 0 unspecified atom stereocenters. The third kappa shape index (κ3) is 1.28. The van der Waals surface area contributed by atoms with Gasteiger partial charge < -0.3 is 14.5 Å². The van der Waals surface area contributed by atoms with Gasteiger partial charge in [-0.25, -0.2) is 0 Å². The van der Waals surface area contributed by atoms with Crippen molar-refractivity contribution in [1.82, 2.24) is 0 Å². The molecule has 0 aliphatic heterocycles. The highest BCUT2D eigenvalue weighted by Gasteiger charge is 1.97. The molecule has 2 rings (SSSR count). The van der Waals surface area contributed by atoms with Crippen molar-refractivity contribution >= 4 is 16.9 Å². The van der Waals surface area contributed by atoms with Crippen molar-refractivity contribution in [2.24, 2.45) is 4.99 Å². The molecule has 0 atom stereocenters. The Bertz CT molecular complexity index is 457. The Kier molecular flexibility index (Phi) is 1.77. The van der Waals surface area contributed by atoms with Gasteiger partial charge in [0.25, 0.3) is 0 Å². The maximum absolute atomic E-state index is 11.2. The van der Waals surface area contributed by atoms with Crippen LogP contribution in [0.4, 0.5) is 0 Å². The largest absolute Gasteiger partial charge is 0.859 e. The molecule has 0 N–H and O–H groups in total. The Labute approximate surface area is 75.3 Å². The normalized spacial score (nSPS) is 12.2. The van der Waals surface area contributed by atoms with Gasteiger partial charge >= 0.3 is 0 Å². The fourth-order valence-electron chi connectivity index (χ4n) is 1.23. The predicted molar refractivity (Wildman–Crippen MR) is 48.7 cm³/mol. The van der Waals surface area contributed by atoms with Gasteiger partial charge in [0, 0.05) is 12.4 Å². The van der Waals surface area contributed by atoms with Crippen LogP contribution in [-0.4, -0.2) is 12.9 Å². The minimum atomic E-state index is -0.205. The topological polar surface area (TPSA) is 48.6 Å². The van der Waals surface area contributed by atoms with Crippen LogP contribution in [0.1, 0.15) is 5.56 Å². The number of hydrogen-bond acceptors (Lipinski definition) is 3. The molecular formula is C10H8NO2-. The van der Waals surface area contributed by atoms with Crippen LogP contribution >= 0.6 is 0 Å². The number of fused-ring (bicyclic) bond motifs is 1. The molecule has 1 aromatic heterocycles. The summed E-state index contributed by atoms with van der Waals surface area (Å²) in [7, 11) is 1.49. The fourth-order valence-corrected chi connectivity index (χ4v) is 1.23. The van der Waals surface area contributed by atoms with Crippen LogP contribution in [0.3, 0.4) is 0 Å². The second-order valence-corrected chi connectivity index (χ2v) is 2.70. The second-order valence-electron chi connectivity index (χ2n) is 2.70. The van der Waals surface area contributed by atoms with Gasteiger partial charge in [0.15, 0.2) is 0 Å². The minimum absolute atomic E-state index is 0.205. The maximum atomic E-state index is 11.2. The molecule has 3 nitrogen and oxygen atoms in total. The van der Waals surface area contributed by atoms with Crippen molar-refractivity contribution in [3.05, 3.63) is 36.1 Å². The van der Waals surface area contributed by atoms with E-state index >= 15 is 0 Å². The Morgan fingerprint density at radius 3 is 3.00 bits per heavy atom. The summed E-state index contributed by atoms with van der Waals surface area (Å²) in [4.78, 5) is 3.58. The van der Waals surface area contributed by atoms with E-state index in [-0.39, 0.29) is 5.90 Å². The molecule has 13 heavy (non-hydrogen) atoms. The van der Waals surface area contributed by atoms with Gasteiger partial charge in [0.1, 0.15) is 5.58 Å². The van der Waals surface area contributed by atoms with Crippen molar-refractivity contribution < 1.29 is 9.52 Å². The Hall–Kier alpha value is -1.77. The van der Waals surface area contributed by atoms with E-state index < -0.39 is 0 Å². The number of benzene rings is 1. The molecule has 3 heteroatoms. The Morgan fingerprint density at radius 2 is 2.23 bits per heavy atom. The molecule has 0 radical (unpaired) electrons. The highest BCUT2D eigenvalue weighted by Crippen LogP contribution is 2.16. The van der Waals surface area contributed by atoms with Crippen molar-refractivity contribution in [3.8, 4) is 0 Å². The first-order chi connectivity index (χ1) is 6.31. The molecular weight excluding hydrogens is 166 g/mol. The van der Waals surface area contributed by atoms with Gasteiger partial charge in [-0.3, -0.25) is 0 Å². The lowest BCUT2D eigenvalue weighted by Gasteiger charge is -2.08. The summed E-state index contributed by atoms with van der Waals surface area (Å²) < 4.78 is 5.14. The Morgan fingerprint density at radius 1 is 1.38 bits per heavy atom. The zero-order valence-electron chi connectivity index (χ0n) is 7.15. The van der Waals surface area contributed by atoms with Crippen LogP contribution in [0, 0.1) is 0 Å². The van der Waals surface area contributed by atoms with Crippen molar-refractivity contribution in [1.29, 1.82) is 0 Å². The van der Waals surface area contributed by atoms with E-state index in [1.807, 2.05) is 6.07 Å². The zero-order chi connectivity index (χ0) is 9.26. The molecule has 1 aromatic carbocycles. The molecule has 0 saturated carbocycles. The van der Waals surface area contributed by atoms with Gasteiger partial charge in [-0.2, -0.15) is 0 Å². The van der Waals surface area contributed by atoms with Gasteiger partial charge in [-0.1, -0.05) is 6.07 Å². The van der Waals surface area contributed by atoms with Crippen molar-refractivity contribution in [2.45, 2.75) is 0 Å². The quantitative estimate of drug-likeness (QED) is 0.481. The van der Waals surface area contributed by atoms with E-state index in [0.29, 0.717) is 5.56 Å². The number of aliphatic imine (C=N–C) groups is 1. The van der Waals surface area contributed by atoms with Gasteiger partial charge in [0.2, 0.25) is 0 Å². The summed E-state index contributed by atoms with van der Waals surface area (Å²) in [5.41, 5.74) is 1.38. The summed E-state index contributed by atoms with van der Waals surface area (Å²) >= 11 is 0. The molecule has 1 heterocycles. The minimum Gasteiger partial charge on any atom is -0.859 e. The smallest absolute Gasteiger partial charge is 0.133 e. The predicted octanol–water partition coefficient (Wildman–Crippen LogP) is 1.17. The van der Waals surface area contributed by atoms with Crippen molar-refractivity contribution in [2.75, 3.05) is 7.05 Å². The van der Waals surface area contributed by atoms with E-state index in [1.54, 1.807) is 24.5 Å². The van der Waals surface area contributed by atoms with Crippen LogP contribution in [0.15, 0.2) is 39.9 Å². The average molecular weight is 174 g/mol. The summed E-state index contributed by atoms with van der Waals surface area (Å²) in [6.07, 6.45) is 1.60. The molecule has 2 aromatic rings. The average Bonchev–Trinajstić information content (AvgIpc) is 2.63.